The number of rotatable bonds is 4. The van der Waals surface area contributed by atoms with Gasteiger partial charge in [0.15, 0.2) is 5.78 Å². The van der Waals surface area contributed by atoms with Gasteiger partial charge in [0.1, 0.15) is 0 Å². The lowest BCUT2D eigenvalue weighted by Crippen LogP contribution is -2.14. The number of halogens is 3. The second-order valence-electron chi connectivity index (χ2n) is 5.52. The Hall–Kier alpha value is -2.56. The molecule has 2 aromatic carbocycles. The van der Waals surface area contributed by atoms with Crippen molar-refractivity contribution in [2.45, 2.75) is 25.9 Å². The highest BCUT2D eigenvalue weighted by Gasteiger charge is 2.32. The van der Waals surface area contributed by atoms with E-state index in [-0.39, 0.29) is 17.1 Å². The number of Topliss-reactive ketones (excluding diaryl/α,β-unsaturated/α-hetero) is 1. The molecule has 1 N–H and O–H groups in total. The quantitative estimate of drug-likeness (QED) is 0.612. The Balaban J connectivity index is 2.69. The van der Waals surface area contributed by atoms with Crippen molar-refractivity contribution in [3.63, 3.8) is 0 Å². The lowest BCUT2D eigenvalue weighted by Gasteiger charge is -2.22. The van der Waals surface area contributed by atoms with Gasteiger partial charge in [0.25, 0.3) is 0 Å². The van der Waals surface area contributed by atoms with Gasteiger partial charge in [0.05, 0.1) is 11.3 Å². The maximum absolute atomic E-state index is 13.0. The maximum Gasteiger partial charge on any atom is 0.416 e. The number of hydrogen-bond acceptors (Lipinski definition) is 2. The van der Waals surface area contributed by atoms with Crippen LogP contribution in [0.15, 0.2) is 65.9 Å². The second-order valence-corrected chi connectivity index (χ2v) is 5.52. The first-order chi connectivity index (χ1) is 11.2. The smallest absolute Gasteiger partial charge is 0.416 e. The predicted octanol–water partition coefficient (Wildman–Crippen LogP) is 5.26. The van der Waals surface area contributed by atoms with Crippen LogP contribution in [0.3, 0.4) is 0 Å². The first kappa shape index (κ1) is 17.8. The van der Waals surface area contributed by atoms with Crippen molar-refractivity contribution in [3.05, 3.63) is 82.6 Å². The van der Waals surface area contributed by atoms with Crippen LogP contribution in [0.4, 0.5) is 13.2 Å². The third-order valence-corrected chi connectivity index (χ3v) is 3.74. The van der Waals surface area contributed by atoms with Gasteiger partial charge in [-0.15, -0.1) is 0 Å². The van der Waals surface area contributed by atoms with Crippen LogP contribution in [0.5, 0.6) is 0 Å². The molecular formula is C19H17F3O2. The minimum atomic E-state index is -4.48. The first-order valence-electron chi connectivity index (χ1n) is 7.34. The molecule has 0 aliphatic heterocycles. The highest BCUT2D eigenvalue weighted by Crippen LogP contribution is 2.37. The monoisotopic (exact) mass is 334 g/mol. The highest BCUT2D eigenvalue weighted by atomic mass is 19.4. The summed E-state index contributed by atoms with van der Waals surface area (Å²) >= 11 is 0. The van der Waals surface area contributed by atoms with Crippen LogP contribution in [0.1, 0.15) is 36.5 Å². The highest BCUT2D eigenvalue weighted by molar-refractivity contribution is 5.96. The van der Waals surface area contributed by atoms with Gasteiger partial charge in [-0.2, -0.15) is 13.2 Å². The summed E-state index contributed by atoms with van der Waals surface area (Å²) in [5, 5.41) is 9.94. The molecule has 5 heteroatoms. The van der Waals surface area contributed by atoms with Crippen molar-refractivity contribution in [2.24, 2.45) is 0 Å². The summed E-state index contributed by atoms with van der Waals surface area (Å²) in [6, 6.07) is 13.5. The van der Waals surface area contributed by atoms with Gasteiger partial charge in [-0.25, -0.2) is 0 Å². The van der Waals surface area contributed by atoms with Gasteiger partial charge in [-0.05, 0) is 31.0 Å². The molecule has 0 amide bonds. The lowest BCUT2D eigenvalue weighted by molar-refractivity contribution is -0.137. The Bertz CT molecular complexity index is 758. The molecule has 2 aromatic rings. The Morgan fingerprint density at radius 3 is 2.04 bits per heavy atom. The van der Waals surface area contributed by atoms with Crippen LogP contribution in [0.2, 0.25) is 0 Å². The Morgan fingerprint density at radius 1 is 0.958 bits per heavy atom. The zero-order valence-corrected chi connectivity index (χ0v) is 13.3. The third-order valence-electron chi connectivity index (χ3n) is 3.74. The van der Waals surface area contributed by atoms with Crippen LogP contribution in [0, 0.1) is 0 Å². The van der Waals surface area contributed by atoms with Gasteiger partial charge < -0.3 is 5.11 Å². The number of benzene rings is 2. The van der Waals surface area contributed by atoms with E-state index in [1.165, 1.54) is 26.0 Å². The van der Waals surface area contributed by atoms with Crippen LogP contribution in [-0.2, 0) is 11.0 Å². The minimum Gasteiger partial charge on any atom is -0.512 e. The number of aliphatic hydroxyl groups excluding tert-OH is 1. The summed E-state index contributed by atoms with van der Waals surface area (Å²) in [6.07, 6.45) is -4.48. The fourth-order valence-electron chi connectivity index (χ4n) is 2.73. The van der Waals surface area contributed by atoms with Crippen molar-refractivity contribution in [1.29, 1.82) is 0 Å². The topological polar surface area (TPSA) is 37.3 Å². The summed E-state index contributed by atoms with van der Waals surface area (Å²) < 4.78 is 39.1. The van der Waals surface area contributed by atoms with Crippen LogP contribution in [-0.4, -0.2) is 10.9 Å². The maximum atomic E-state index is 13.0. The molecule has 0 unspecified atom stereocenters. The standard InChI is InChI=1S/C19H17F3O2/c1-12(23)17(13(2)24)18(14-7-4-3-5-8-14)15-9-6-10-16(11-15)19(20,21)22/h3-11,18,23H,1-2H3/b17-12-/t18-/m1/s1. The van der Waals surface area contributed by atoms with E-state index in [0.29, 0.717) is 11.1 Å². The molecule has 0 spiro atoms. The number of hydrogen-bond donors (Lipinski definition) is 1. The average molecular weight is 334 g/mol. The summed E-state index contributed by atoms with van der Waals surface area (Å²) in [5.74, 6) is -1.36. The number of carbonyl (C=O) groups is 1. The molecule has 2 rings (SSSR count). The summed E-state index contributed by atoms with van der Waals surface area (Å²) in [7, 11) is 0. The molecule has 0 aliphatic rings. The van der Waals surface area contributed by atoms with Crippen molar-refractivity contribution >= 4 is 5.78 Å². The molecule has 2 nitrogen and oxygen atoms in total. The summed E-state index contributed by atoms with van der Waals surface area (Å²) in [6.45, 7) is 2.65. The SMILES string of the molecule is CC(=O)/C(=C(\C)O)[C@H](c1ccccc1)c1cccc(C(F)(F)F)c1. The van der Waals surface area contributed by atoms with E-state index in [1.54, 1.807) is 30.3 Å². The van der Waals surface area contributed by atoms with E-state index in [1.807, 2.05) is 0 Å². The average Bonchev–Trinajstić information content (AvgIpc) is 2.51. The third kappa shape index (κ3) is 3.85. The number of aliphatic hydroxyl groups is 1. The van der Waals surface area contributed by atoms with E-state index in [2.05, 4.69) is 0 Å². The van der Waals surface area contributed by atoms with E-state index in [0.717, 1.165) is 12.1 Å². The molecule has 1 atom stereocenters. The molecule has 0 heterocycles. The fourth-order valence-corrected chi connectivity index (χ4v) is 2.73. The van der Waals surface area contributed by atoms with Gasteiger partial charge in [0.2, 0.25) is 0 Å². The van der Waals surface area contributed by atoms with E-state index in [4.69, 9.17) is 0 Å². The number of allylic oxidation sites excluding steroid dienone is 2. The van der Waals surface area contributed by atoms with Crippen molar-refractivity contribution in [1.82, 2.24) is 0 Å². The van der Waals surface area contributed by atoms with E-state index >= 15 is 0 Å². The van der Waals surface area contributed by atoms with Crippen molar-refractivity contribution < 1.29 is 23.1 Å². The summed E-state index contributed by atoms with van der Waals surface area (Å²) in [4.78, 5) is 12.0. The van der Waals surface area contributed by atoms with Crippen molar-refractivity contribution in [2.75, 3.05) is 0 Å². The van der Waals surface area contributed by atoms with Crippen LogP contribution < -0.4 is 0 Å². The lowest BCUT2D eigenvalue weighted by atomic mass is 9.82. The Kier molecular flexibility index (Phi) is 5.12. The predicted molar refractivity (Wildman–Crippen MR) is 85.7 cm³/mol. The molecule has 0 radical (unpaired) electrons. The Labute approximate surface area is 138 Å². The molecule has 0 bridgehead atoms. The fraction of sp³-hybridized carbons (Fsp3) is 0.211. The Morgan fingerprint density at radius 2 is 1.54 bits per heavy atom. The molecular weight excluding hydrogens is 317 g/mol. The zero-order chi connectivity index (χ0) is 17.9. The van der Waals surface area contributed by atoms with Gasteiger partial charge >= 0.3 is 6.18 Å². The summed E-state index contributed by atoms with van der Waals surface area (Å²) in [5.41, 5.74) is 0.227. The normalized spacial score (nSPS) is 14.0. The number of carbonyl (C=O) groups excluding carboxylic acids is 1. The van der Waals surface area contributed by atoms with Crippen molar-refractivity contribution in [3.8, 4) is 0 Å². The first-order valence-corrected chi connectivity index (χ1v) is 7.34. The minimum absolute atomic E-state index is 0.0838. The molecule has 0 fully saturated rings. The molecule has 0 aromatic heterocycles. The molecule has 0 saturated carbocycles. The van der Waals surface area contributed by atoms with Gasteiger partial charge in [-0.1, -0.05) is 48.5 Å². The number of alkyl halides is 3. The molecule has 24 heavy (non-hydrogen) atoms. The van der Waals surface area contributed by atoms with Crippen LogP contribution >= 0.6 is 0 Å². The van der Waals surface area contributed by atoms with Gasteiger partial charge in [-0.3, -0.25) is 4.79 Å². The molecule has 0 saturated heterocycles. The zero-order valence-electron chi connectivity index (χ0n) is 13.3. The van der Waals surface area contributed by atoms with E-state index in [9.17, 15) is 23.1 Å². The van der Waals surface area contributed by atoms with Gasteiger partial charge in [0, 0.05) is 11.5 Å². The second kappa shape index (κ2) is 6.91. The van der Waals surface area contributed by atoms with E-state index < -0.39 is 17.7 Å². The van der Waals surface area contributed by atoms with Crippen LogP contribution in [0.25, 0.3) is 0 Å². The largest absolute Gasteiger partial charge is 0.512 e. The number of ketones is 1. The molecule has 126 valence electrons. The molecule has 0 aliphatic carbocycles.